The maximum absolute atomic E-state index is 11.3. The molecule has 0 aliphatic rings. The van der Waals surface area contributed by atoms with Gasteiger partial charge >= 0.3 is 5.97 Å². The molecule has 0 saturated carbocycles. The number of thioether (sulfide) groups is 1. The molecule has 94 valence electrons. The lowest BCUT2D eigenvalue weighted by molar-refractivity contribution is -0.142. The number of aliphatic carboxylic acids is 1. The van der Waals surface area contributed by atoms with Gasteiger partial charge in [-0.15, -0.1) is 0 Å². The molecule has 0 amide bonds. The standard InChI is InChI=1S/C13H19NO2S/c1-2-3-9-17-10-13(14,12(15)16)11-7-5-4-6-8-11/h4-8H,2-3,9-10,14H2,1H3,(H,15,16). The number of rotatable bonds is 7. The van der Waals surface area contributed by atoms with Gasteiger partial charge in [-0.1, -0.05) is 43.7 Å². The van der Waals surface area contributed by atoms with Gasteiger partial charge in [0.15, 0.2) is 0 Å². The zero-order valence-electron chi connectivity index (χ0n) is 10.1. The van der Waals surface area contributed by atoms with E-state index < -0.39 is 11.5 Å². The first-order valence-corrected chi connectivity index (χ1v) is 6.92. The Hall–Kier alpha value is -1.00. The third kappa shape index (κ3) is 3.75. The molecule has 3 N–H and O–H groups in total. The number of carbonyl (C=O) groups is 1. The Morgan fingerprint density at radius 3 is 2.59 bits per heavy atom. The lowest BCUT2D eigenvalue weighted by atomic mass is 9.93. The van der Waals surface area contributed by atoms with E-state index in [4.69, 9.17) is 5.73 Å². The van der Waals surface area contributed by atoms with E-state index in [9.17, 15) is 9.90 Å². The first-order valence-electron chi connectivity index (χ1n) is 5.77. The Morgan fingerprint density at radius 1 is 1.41 bits per heavy atom. The molecule has 0 bridgehead atoms. The Balaban J connectivity index is 2.73. The summed E-state index contributed by atoms with van der Waals surface area (Å²) >= 11 is 1.60. The van der Waals surface area contributed by atoms with Crippen LogP contribution < -0.4 is 5.73 Å². The highest BCUT2D eigenvalue weighted by Gasteiger charge is 2.35. The maximum Gasteiger partial charge on any atom is 0.329 e. The summed E-state index contributed by atoms with van der Waals surface area (Å²) in [6, 6.07) is 9.03. The molecule has 0 spiro atoms. The molecule has 0 aromatic heterocycles. The molecule has 3 nitrogen and oxygen atoms in total. The molecule has 0 heterocycles. The van der Waals surface area contributed by atoms with Crippen molar-refractivity contribution in [2.75, 3.05) is 11.5 Å². The van der Waals surface area contributed by atoms with Crippen molar-refractivity contribution >= 4 is 17.7 Å². The van der Waals surface area contributed by atoms with Crippen LogP contribution in [0, 0.1) is 0 Å². The van der Waals surface area contributed by atoms with Crippen molar-refractivity contribution in [3.05, 3.63) is 35.9 Å². The molecule has 4 heteroatoms. The van der Waals surface area contributed by atoms with Gasteiger partial charge in [-0.3, -0.25) is 0 Å². The number of carboxylic acid groups (broad SMARTS) is 1. The molecule has 0 aliphatic carbocycles. The zero-order valence-corrected chi connectivity index (χ0v) is 10.9. The first-order chi connectivity index (χ1) is 8.11. The zero-order chi connectivity index (χ0) is 12.7. The van der Waals surface area contributed by atoms with Crippen LogP contribution in [-0.2, 0) is 10.3 Å². The van der Waals surface area contributed by atoms with E-state index >= 15 is 0 Å². The van der Waals surface area contributed by atoms with Gasteiger partial charge in [0.2, 0.25) is 0 Å². The predicted octanol–water partition coefficient (Wildman–Crippen LogP) is 2.46. The average molecular weight is 253 g/mol. The average Bonchev–Trinajstić information content (AvgIpc) is 2.35. The molecule has 1 rings (SSSR count). The van der Waals surface area contributed by atoms with Crippen LogP contribution >= 0.6 is 11.8 Å². The molecule has 1 aromatic carbocycles. The van der Waals surface area contributed by atoms with Crippen molar-refractivity contribution in [2.45, 2.75) is 25.3 Å². The topological polar surface area (TPSA) is 63.3 Å². The van der Waals surface area contributed by atoms with E-state index in [1.807, 2.05) is 18.2 Å². The molecule has 0 saturated heterocycles. The van der Waals surface area contributed by atoms with Gasteiger partial charge < -0.3 is 10.8 Å². The van der Waals surface area contributed by atoms with E-state index in [0.717, 1.165) is 18.6 Å². The number of hydrogen-bond acceptors (Lipinski definition) is 3. The minimum absolute atomic E-state index is 0.409. The summed E-state index contributed by atoms with van der Waals surface area (Å²) in [4.78, 5) is 11.3. The second-order valence-corrected chi connectivity index (χ2v) is 5.15. The Labute approximate surface area is 106 Å². The highest BCUT2D eigenvalue weighted by molar-refractivity contribution is 7.99. The minimum atomic E-state index is -1.28. The second kappa shape index (κ2) is 6.67. The Morgan fingerprint density at radius 2 is 2.06 bits per heavy atom. The number of hydrogen-bond donors (Lipinski definition) is 2. The van der Waals surface area contributed by atoms with E-state index in [1.54, 1.807) is 23.9 Å². The Kier molecular flexibility index (Phi) is 5.51. The summed E-state index contributed by atoms with van der Waals surface area (Å²) in [6.07, 6.45) is 2.21. The van der Waals surface area contributed by atoms with Crippen LogP contribution in [-0.4, -0.2) is 22.6 Å². The quantitative estimate of drug-likeness (QED) is 0.733. The van der Waals surface area contributed by atoms with Crippen LogP contribution in [0.15, 0.2) is 30.3 Å². The van der Waals surface area contributed by atoms with Crippen molar-refractivity contribution in [3.63, 3.8) is 0 Å². The van der Waals surface area contributed by atoms with Gasteiger partial charge in [0.05, 0.1) is 0 Å². The molecule has 0 radical (unpaired) electrons. The molecule has 17 heavy (non-hydrogen) atoms. The first kappa shape index (κ1) is 14.1. The minimum Gasteiger partial charge on any atom is -0.480 e. The highest BCUT2D eigenvalue weighted by atomic mass is 32.2. The molecule has 1 unspecified atom stereocenters. The van der Waals surface area contributed by atoms with Gasteiger partial charge in [0.1, 0.15) is 5.54 Å². The van der Waals surface area contributed by atoms with Gasteiger partial charge in [-0.2, -0.15) is 11.8 Å². The maximum atomic E-state index is 11.3. The van der Waals surface area contributed by atoms with Crippen LogP contribution in [0.2, 0.25) is 0 Å². The summed E-state index contributed by atoms with van der Waals surface area (Å²) in [6.45, 7) is 2.12. The third-order valence-electron chi connectivity index (χ3n) is 2.64. The SMILES string of the molecule is CCCCSCC(N)(C(=O)O)c1ccccc1. The van der Waals surface area contributed by atoms with Crippen molar-refractivity contribution in [1.82, 2.24) is 0 Å². The van der Waals surface area contributed by atoms with E-state index in [0.29, 0.717) is 11.3 Å². The monoisotopic (exact) mass is 253 g/mol. The summed E-state index contributed by atoms with van der Waals surface area (Å²) in [7, 11) is 0. The predicted molar refractivity (Wildman–Crippen MR) is 72.2 cm³/mol. The van der Waals surface area contributed by atoms with Crippen LogP contribution in [0.1, 0.15) is 25.3 Å². The van der Waals surface area contributed by atoms with Crippen molar-refractivity contribution in [3.8, 4) is 0 Å². The number of nitrogens with two attached hydrogens (primary N) is 1. The van der Waals surface area contributed by atoms with Gasteiger partial charge in [0.25, 0.3) is 0 Å². The summed E-state index contributed by atoms with van der Waals surface area (Å²) in [5.41, 5.74) is 5.41. The number of benzene rings is 1. The Bertz CT molecular complexity index is 356. The largest absolute Gasteiger partial charge is 0.480 e. The fourth-order valence-electron chi connectivity index (χ4n) is 1.48. The molecule has 1 aromatic rings. The lowest BCUT2D eigenvalue weighted by Gasteiger charge is -2.24. The molecular formula is C13H19NO2S. The molecule has 1 atom stereocenters. The van der Waals surface area contributed by atoms with E-state index in [1.165, 1.54) is 0 Å². The molecule has 0 aliphatic heterocycles. The van der Waals surface area contributed by atoms with Gasteiger partial charge in [0, 0.05) is 5.75 Å². The van der Waals surface area contributed by atoms with Crippen LogP contribution in [0.4, 0.5) is 0 Å². The third-order valence-corrected chi connectivity index (χ3v) is 3.88. The van der Waals surface area contributed by atoms with Crippen molar-refractivity contribution in [2.24, 2.45) is 5.73 Å². The molecular weight excluding hydrogens is 234 g/mol. The number of unbranched alkanes of at least 4 members (excludes halogenated alkanes) is 1. The van der Waals surface area contributed by atoms with E-state index in [-0.39, 0.29) is 0 Å². The summed E-state index contributed by atoms with van der Waals surface area (Å²) < 4.78 is 0. The van der Waals surface area contributed by atoms with Gasteiger partial charge in [-0.05, 0) is 17.7 Å². The summed E-state index contributed by atoms with van der Waals surface area (Å²) in [5.74, 6) is 0.398. The van der Waals surface area contributed by atoms with Gasteiger partial charge in [-0.25, -0.2) is 4.79 Å². The normalized spacial score (nSPS) is 14.2. The lowest BCUT2D eigenvalue weighted by Crippen LogP contribution is -2.47. The summed E-state index contributed by atoms with van der Waals surface area (Å²) in [5, 5.41) is 9.30. The van der Waals surface area contributed by atoms with Crippen LogP contribution in [0.5, 0.6) is 0 Å². The van der Waals surface area contributed by atoms with Crippen LogP contribution in [0.3, 0.4) is 0 Å². The van der Waals surface area contributed by atoms with Crippen molar-refractivity contribution < 1.29 is 9.90 Å². The van der Waals surface area contributed by atoms with Crippen molar-refractivity contribution in [1.29, 1.82) is 0 Å². The van der Waals surface area contributed by atoms with E-state index in [2.05, 4.69) is 6.92 Å². The fourth-order valence-corrected chi connectivity index (χ4v) is 2.73. The number of carboxylic acids is 1. The van der Waals surface area contributed by atoms with Crippen LogP contribution in [0.25, 0.3) is 0 Å². The highest BCUT2D eigenvalue weighted by Crippen LogP contribution is 2.24. The fraction of sp³-hybridized carbons (Fsp3) is 0.462. The smallest absolute Gasteiger partial charge is 0.329 e. The molecule has 0 fully saturated rings. The second-order valence-electron chi connectivity index (χ2n) is 4.05.